The first-order chi connectivity index (χ1) is 15.6. The lowest BCUT2D eigenvalue weighted by atomic mass is 9.97. The number of ether oxygens (including phenoxy) is 3. The van der Waals surface area contributed by atoms with E-state index in [0.29, 0.717) is 0 Å². The predicted molar refractivity (Wildman–Crippen MR) is 104 cm³/mol. The van der Waals surface area contributed by atoms with E-state index in [2.05, 4.69) is 15.4 Å². The zero-order chi connectivity index (χ0) is 24.5. The largest absolute Gasteiger partial charge is 0.394 e. The van der Waals surface area contributed by atoms with Gasteiger partial charge in [-0.05, 0) is 13.3 Å². The fourth-order valence-corrected chi connectivity index (χ4v) is 3.15. The third-order valence-electron chi connectivity index (χ3n) is 4.91. The second-order valence-corrected chi connectivity index (χ2v) is 7.29. The number of cyclic esters (lactones) is 2. The Morgan fingerprint density at radius 1 is 1.12 bits per heavy atom. The van der Waals surface area contributed by atoms with Crippen LogP contribution in [0.3, 0.4) is 0 Å². The second-order valence-electron chi connectivity index (χ2n) is 7.29. The van der Waals surface area contributed by atoms with Crippen molar-refractivity contribution >= 4 is 23.8 Å². The highest BCUT2D eigenvalue weighted by Crippen LogP contribution is 2.22. The summed E-state index contributed by atoms with van der Waals surface area (Å²) in [5.74, 6) is -2.32. The van der Waals surface area contributed by atoms with Crippen LogP contribution in [0.15, 0.2) is 11.1 Å². The molecule has 33 heavy (non-hydrogen) atoms. The fraction of sp³-hybridized carbons (Fsp3) is 0.684. The first kappa shape index (κ1) is 26.8. The molecule has 14 heteroatoms. The van der Waals surface area contributed by atoms with Crippen molar-refractivity contribution in [2.45, 2.75) is 57.3 Å². The number of rotatable bonds is 12. The minimum absolute atomic E-state index is 0.0250. The zero-order valence-electron chi connectivity index (χ0n) is 18.1. The third-order valence-corrected chi connectivity index (χ3v) is 4.91. The van der Waals surface area contributed by atoms with Gasteiger partial charge in [0, 0.05) is 31.0 Å². The molecule has 2 amide bonds. The molecular weight excluding hydrogens is 448 g/mol. The number of nitrogens with one attached hydrogen (secondary N) is 2. The van der Waals surface area contributed by atoms with E-state index < -0.39 is 61.9 Å². The van der Waals surface area contributed by atoms with Crippen molar-refractivity contribution in [3.8, 4) is 0 Å². The number of carbonyl (C=O) groups is 4. The van der Waals surface area contributed by atoms with E-state index in [1.54, 1.807) is 0 Å². The van der Waals surface area contributed by atoms with Crippen LogP contribution in [0.1, 0.15) is 26.7 Å². The summed E-state index contributed by atoms with van der Waals surface area (Å²) < 4.78 is 15.1. The van der Waals surface area contributed by atoms with Crippen LogP contribution in [0.2, 0.25) is 0 Å². The molecule has 0 aliphatic carbocycles. The molecule has 0 aromatic rings. The van der Waals surface area contributed by atoms with E-state index in [1.165, 1.54) is 13.8 Å². The molecule has 2 aliphatic heterocycles. The Kier molecular flexibility index (Phi) is 10.3. The Hall–Kier alpha value is -2.46. The van der Waals surface area contributed by atoms with Crippen LogP contribution >= 0.6 is 0 Å². The highest BCUT2D eigenvalue weighted by Gasteiger charge is 2.45. The highest BCUT2D eigenvalue weighted by molar-refractivity contribution is 6.12. The molecule has 2 rings (SSSR count). The van der Waals surface area contributed by atoms with Crippen LogP contribution < -0.4 is 10.6 Å². The van der Waals surface area contributed by atoms with Crippen LogP contribution in [0.25, 0.3) is 0 Å². The Morgan fingerprint density at radius 3 is 2.45 bits per heavy atom. The fourth-order valence-electron chi connectivity index (χ4n) is 3.15. The predicted octanol–water partition coefficient (Wildman–Crippen LogP) is -2.85. The molecule has 1 unspecified atom stereocenters. The highest BCUT2D eigenvalue weighted by atomic mass is 17.2. The summed E-state index contributed by atoms with van der Waals surface area (Å²) in [5, 5.41) is 34.2. The number of aliphatic hydroxyl groups excluding tert-OH is 3. The van der Waals surface area contributed by atoms with Gasteiger partial charge in [-0.15, -0.1) is 0 Å². The van der Waals surface area contributed by atoms with Gasteiger partial charge < -0.3 is 40.2 Å². The molecule has 0 bridgehead atoms. The van der Waals surface area contributed by atoms with Gasteiger partial charge in [-0.1, -0.05) is 0 Å². The van der Waals surface area contributed by atoms with Gasteiger partial charge in [-0.3, -0.25) is 9.59 Å². The Balaban J connectivity index is 1.64. The lowest BCUT2D eigenvalue weighted by Crippen LogP contribution is -2.64. The van der Waals surface area contributed by atoms with Crippen LogP contribution in [-0.4, -0.2) is 96.3 Å². The SMILES string of the molecule is CC(=O)N[C@H]1C(OCOOCCNC(=O)CCC2=C(C)C(=O)OC2=O)O[C@H](CO)[C@H](O)[C@@H]1O. The van der Waals surface area contributed by atoms with Crippen molar-refractivity contribution in [1.29, 1.82) is 0 Å². The van der Waals surface area contributed by atoms with Gasteiger partial charge in [-0.2, -0.15) is 0 Å². The molecule has 1 saturated heterocycles. The molecular formula is C19H28N2O12. The van der Waals surface area contributed by atoms with Gasteiger partial charge in [-0.25, -0.2) is 19.4 Å². The van der Waals surface area contributed by atoms with Crippen LogP contribution in [-0.2, 0) is 43.2 Å². The Labute approximate surface area is 188 Å². The lowest BCUT2D eigenvalue weighted by Gasteiger charge is -2.41. The van der Waals surface area contributed by atoms with E-state index >= 15 is 0 Å². The maximum Gasteiger partial charge on any atom is 0.342 e. The summed E-state index contributed by atoms with van der Waals surface area (Å²) in [4.78, 5) is 55.5. The standard InChI is InChI=1S/C19H28N2O12/c1-9-11(18(28)33-17(9)27)3-4-13(24)20-5-6-30-31-8-29-19-14(21-10(2)23)16(26)15(25)12(7-22)32-19/h12,14-16,19,22,25-26H,3-8H2,1-2H3,(H,20,24)(H,21,23)/t12-,14-,15+,16-,19?/m1/s1. The van der Waals surface area contributed by atoms with Crippen molar-refractivity contribution in [3.63, 3.8) is 0 Å². The van der Waals surface area contributed by atoms with Crippen molar-refractivity contribution in [2.24, 2.45) is 0 Å². The van der Waals surface area contributed by atoms with Gasteiger partial charge in [0.25, 0.3) is 0 Å². The number of esters is 2. The topological polar surface area (TPSA) is 199 Å². The van der Waals surface area contributed by atoms with E-state index in [4.69, 9.17) is 19.2 Å². The average Bonchev–Trinajstić information content (AvgIpc) is 3.01. The monoisotopic (exact) mass is 476 g/mol. The van der Waals surface area contributed by atoms with Crippen molar-refractivity contribution in [1.82, 2.24) is 10.6 Å². The summed E-state index contributed by atoms with van der Waals surface area (Å²) in [6, 6.07) is -1.12. The minimum atomic E-state index is -1.45. The second kappa shape index (κ2) is 12.7. The molecule has 0 aromatic carbocycles. The molecule has 0 saturated carbocycles. The van der Waals surface area contributed by atoms with Gasteiger partial charge in [0.15, 0.2) is 13.1 Å². The number of carbonyl (C=O) groups excluding carboxylic acids is 4. The van der Waals surface area contributed by atoms with E-state index in [1.807, 2.05) is 0 Å². The van der Waals surface area contributed by atoms with Crippen LogP contribution in [0, 0.1) is 0 Å². The number of hydrogen-bond acceptors (Lipinski definition) is 12. The average molecular weight is 476 g/mol. The molecule has 2 heterocycles. The van der Waals surface area contributed by atoms with Crippen molar-refractivity contribution in [3.05, 3.63) is 11.1 Å². The minimum Gasteiger partial charge on any atom is -0.394 e. The Bertz CT molecular complexity index is 770. The Morgan fingerprint density at radius 2 is 1.85 bits per heavy atom. The van der Waals surface area contributed by atoms with Crippen molar-refractivity contribution < 1.29 is 58.5 Å². The molecule has 14 nitrogen and oxygen atoms in total. The normalized spacial score (nSPS) is 27.5. The summed E-state index contributed by atoms with van der Waals surface area (Å²) >= 11 is 0. The van der Waals surface area contributed by atoms with Gasteiger partial charge in [0.2, 0.25) is 11.8 Å². The van der Waals surface area contributed by atoms with E-state index in [-0.39, 0.29) is 43.0 Å². The summed E-state index contributed by atoms with van der Waals surface area (Å²) in [6.07, 6.45) is -5.21. The molecule has 0 spiro atoms. The molecule has 0 radical (unpaired) electrons. The quantitative estimate of drug-likeness (QED) is 0.0483. The maximum absolute atomic E-state index is 11.8. The first-order valence-electron chi connectivity index (χ1n) is 10.1. The van der Waals surface area contributed by atoms with Gasteiger partial charge >= 0.3 is 11.9 Å². The van der Waals surface area contributed by atoms with Gasteiger partial charge in [0.05, 0.1) is 13.2 Å². The molecule has 5 atom stereocenters. The van der Waals surface area contributed by atoms with E-state index in [0.717, 1.165) is 0 Å². The zero-order valence-corrected chi connectivity index (χ0v) is 18.1. The molecule has 2 aliphatic rings. The molecule has 0 aromatic heterocycles. The smallest absolute Gasteiger partial charge is 0.342 e. The third kappa shape index (κ3) is 7.53. The maximum atomic E-state index is 11.8. The summed E-state index contributed by atoms with van der Waals surface area (Å²) in [6.45, 7) is 1.61. The van der Waals surface area contributed by atoms with Crippen molar-refractivity contribution in [2.75, 3.05) is 26.6 Å². The van der Waals surface area contributed by atoms with Crippen LogP contribution in [0.4, 0.5) is 0 Å². The first-order valence-corrected chi connectivity index (χ1v) is 10.1. The number of hydrogen-bond donors (Lipinski definition) is 5. The summed E-state index contributed by atoms with van der Waals surface area (Å²) in [7, 11) is 0. The van der Waals surface area contributed by atoms with Crippen LogP contribution in [0.5, 0.6) is 0 Å². The molecule has 1 fully saturated rings. The number of aliphatic hydroxyl groups is 3. The number of amides is 2. The van der Waals surface area contributed by atoms with Gasteiger partial charge in [0.1, 0.15) is 24.4 Å². The molecule has 5 N–H and O–H groups in total. The van der Waals surface area contributed by atoms with E-state index in [9.17, 15) is 34.5 Å². The lowest BCUT2D eigenvalue weighted by molar-refractivity contribution is -0.370. The molecule has 186 valence electrons. The summed E-state index contributed by atoms with van der Waals surface area (Å²) in [5.41, 5.74) is 0.370.